The molecular formula is C22H20N2O4. The number of hydrogen-bond donors (Lipinski definition) is 0. The fraction of sp³-hybridized carbons (Fsp3) is 0.273. The van der Waals surface area contributed by atoms with Gasteiger partial charge in [-0.15, -0.1) is 0 Å². The number of esters is 2. The van der Waals surface area contributed by atoms with Crippen molar-refractivity contribution in [3.05, 3.63) is 70.8 Å². The summed E-state index contributed by atoms with van der Waals surface area (Å²) in [6.45, 7) is 3.68. The third-order valence-corrected chi connectivity index (χ3v) is 4.85. The van der Waals surface area contributed by atoms with Gasteiger partial charge < -0.3 is 9.47 Å². The van der Waals surface area contributed by atoms with E-state index in [2.05, 4.69) is 0 Å². The van der Waals surface area contributed by atoms with Crippen molar-refractivity contribution in [3.8, 4) is 12.1 Å². The van der Waals surface area contributed by atoms with Crippen LogP contribution in [0.1, 0.15) is 22.3 Å². The van der Waals surface area contributed by atoms with Crippen molar-refractivity contribution >= 4 is 11.9 Å². The lowest BCUT2D eigenvalue weighted by Gasteiger charge is -2.37. The number of carbonyl (C=O) groups excluding carboxylic acids is 2. The largest absolute Gasteiger partial charge is 0.468 e. The summed E-state index contributed by atoms with van der Waals surface area (Å²) in [5.41, 5.74) is -2.44. The molecule has 0 saturated carbocycles. The fourth-order valence-corrected chi connectivity index (χ4v) is 3.28. The van der Waals surface area contributed by atoms with Gasteiger partial charge in [0.05, 0.1) is 26.4 Å². The van der Waals surface area contributed by atoms with Crippen molar-refractivity contribution < 1.29 is 19.1 Å². The van der Waals surface area contributed by atoms with E-state index in [-0.39, 0.29) is 11.1 Å². The number of aryl methyl sites for hydroxylation is 2. The number of methoxy groups -OCH3 is 2. The Morgan fingerprint density at radius 2 is 1.00 bits per heavy atom. The minimum atomic E-state index is -2.27. The number of rotatable bonds is 5. The highest BCUT2D eigenvalue weighted by atomic mass is 16.5. The molecule has 0 saturated heterocycles. The van der Waals surface area contributed by atoms with E-state index in [0.29, 0.717) is 0 Å². The first-order valence-corrected chi connectivity index (χ1v) is 8.47. The van der Waals surface area contributed by atoms with Crippen LogP contribution in [-0.4, -0.2) is 26.2 Å². The summed E-state index contributed by atoms with van der Waals surface area (Å²) >= 11 is 0. The van der Waals surface area contributed by atoms with Gasteiger partial charge in [0.2, 0.25) is 10.8 Å². The molecule has 0 aromatic heterocycles. The SMILES string of the molecule is COC(=O)[C@@](C#N)(c1ccc(C)cc1)[C@](C#N)(C(=O)OC)c1ccc(C)cc1. The first kappa shape index (κ1) is 20.7. The maximum atomic E-state index is 13.0. The van der Waals surface area contributed by atoms with Gasteiger partial charge in [-0.1, -0.05) is 59.7 Å². The highest BCUT2D eigenvalue weighted by Crippen LogP contribution is 2.46. The zero-order chi connectivity index (χ0) is 20.9. The summed E-state index contributed by atoms with van der Waals surface area (Å²) in [4.78, 5) is 26.0. The van der Waals surface area contributed by atoms with Gasteiger partial charge in [0, 0.05) is 0 Å². The predicted molar refractivity (Wildman–Crippen MR) is 101 cm³/mol. The standard InChI is InChI=1S/C22H20N2O4/c1-15-5-9-17(10-6-15)21(13-23,19(25)27-3)22(14-24,20(26)28-4)18-11-7-16(2)8-12-18/h5-12H,1-4H3/t21-,22+. The predicted octanol–water partition coefficient (Wildman–Crippen LogP) is 2.87. The molecule has 28 heavy (non-hydrogen) atoms. The van der Waals surface area contributed by atoms with Gasteiger partial charge in [-0.25, -0.2) is 9.59 Å². The average Bonchev–Trinajstić information content (AvgIpc) is 2.72. The Labute approximate surface area is 163 Å². The van der Waals surface area contributed by atoms with Gasteiger partial charge in [0.25, 0.3) is 0 Å². The minimum Gasteiger partial charge on any atom is -0.468 e. The topological polar surface area (TPSA) is 100 Å². The molecule has 0 aliphatic rings. The molecule has 2 aromatic rings. The Balaban J connectivity index is 3.03. The second-order valence-corrected chi connectivity index (χ2v) is 6.44. The molecule has 0 radical (unpaired) electrons. The lowest BCUT2D eigenvalue weighted by atomic mass is 9.58. The van der Waals surface area contributed by atoms with Crippen molar-refractivity contribution in [3.63, 3.8) is 0 Å². The Hall–Kier alpha value is -3.64. The third-order valence-electron chi connectivity index (χ3n) is 4.85. The van der Waals surface area contributed by atoms with Gasteiger partial charge in [-0.2, -0.15) is 10.5 Å². The highest BCUT2D eigenvalue weighted by molar-refractivity contribution is 6.02. The van der Waals surface area contributed by atoms with Crippen LogP contribution in [0.2, 0.25) is 0 Å². The van der Waals surface area contributed by atoms with Crippen molar-refractivity contribution in [1.29, 1.82) is 10.5 Å². The monoisotopic (exact) mass is 376 g/mol. The summed E-state index contributed by atoms with van der Waals surface area (Å²) in [5.74, 6) is -2.04. The van der Waals surface area contributed by atoms with Gasteiger partial charge in [0.1, 0.15) is 0 Å². The summed E-state index contributed by atoms with van der Waals surface area (Å²) in [6, 6.07) is 16.8. The van der Waals surface area contributed by atoms with Gasteiger partial charge in [0.15, 0.2) is 0 Å². The van der Waals surface area contributed by atoms with Crippen molar-refractivity contribution in [1.82, 2.24) is 0 Å². The van der Waals surface area contributed by atoms with Gasteiger partial charge in [-0.3, -0.25) is 0 Å². The number of benzene rings is 2. The lowest BCUT2D eigenvalue weighted by molar-refractivity contribution is -0.157. The maximum absolute atomic E-state index is 13.0. The van der Waals surface area contributed by atoms with E-state index in [1.807, 2.05) is 26.0 Å². The molecule has 0 amide bonds. The number of nitriles is 2. The average molecular weight is 376 g/mol. The van der Waals surface area contributed by atoms with Crippen LogP contribution in [0.3, 0.4) is 0 Å². The molecule has 0 fully saturated rings. The molecule has 6 heteroatoms. The molecule has 0 N–H and O–H groups in total. The van der Waals surface area contributed by atoms with Gasteiger partial charge >= 0.3 is 11.9 Å². The first-order chi connectivity index (χ1) is 13.3. The fourth-order valence-electron chi connectivity index (χ4n) is 3.28. The van der Waals surface area contributed by atoms with Crippen LogP contribution in [0.25, 0.3) is 0 Å². The van der Waals surface area contributed by atoms with Crippen LogP contribution in [-0.2, 0) is 29.9 Å². The molecule has 2 rings (SSSR count). The van der Waals surface area contributed by atoms with Crippen molar-refractivity contribution in [2.24, 2.45) is 0 Å². The van der Waals surface area contributed by atoms with Crippen LogP contribution < -0.4 is 0 Å². The number of ether oxygens (including phenoxy) is 2. The lowest BCUT2D eigenvalue weighted by Crippen LogP contribution is -2.58. The van der Waals surface area contributed by atoms with Crippen LogP contribution in [0.4, 0.5) is 0 Å². The van der Waals surface area contributed by atoms with E-state index in [4.69, 9.17) is 9.47 Å². The normalized spacial score (nSPS) is 14.5. The Bertz CT molecular complexity index is 886. The van der Waals surface area contributed by atoms with E-state index >= 15 is 0 Å². The van der Waals surface area contributed by atoms with E-state index in [9.17, 15) is 20.1 Å². The molecule has 6 nitrogen and oxygen atoms in total. The zero-order valence-corrected chi connectivity index (χ0v) is 16.1. The summed E-state index contributed by atoms with van der Waals surface area (Å²) in [5, 5.41) is 20.4. The summed E-state index contributed by atoms with van der Waals surface area (Å²) in [7, 11) is 2.22. The Kier molecular flexibility index (Phi) is 5.86. The smallest absolute Gasteiger partial charge is 0.333 e. The quantitative estimate of drug-likeness (QED) is 0.744. The maximum Gasteiger partial charge on any atom is 0.333 e. The number of hydrogen-bond acceptors (Lipinski definition) is 6. The molecular weight excluding hydrogens is 356 g/mol. The Morgan fingerprint density at radius 3 is 1.21 bits per heavy atom. The molecule has 0 heterocycles. The summed E-state index contributed by atoms with van der Waals surface area (Å²) < 4.78 is 9.84. The number of carbonyl (C=O) groups is 2. The molecule has 0 unspecified atom stereocenters. The molecule has 2 atom stereocenters. The van der Waals surface area contributed by atoms with Crippen molar-refractivity contribution in [2.75, 3.05) is 14.2 Å². The number of nitrogens with zero attached hydrogens (tertiary/aromatic N) is 2. The molecule has 0 aliphatic carbocycles. The third kappa shape index (κ3) is 2.90. The van der Waals surface area contributed by atoms with Crippen LogP contribution in [0, 0.1) is 36.5 Å². The molecule has 142 valence electrons. The molecule has 0 aliphatic heterocycles. The minimum absolute atomic E-state index is 0.167. The molecule has 0 bridgehead atoms. The molecule has 0 spiro atoms. The second-order valence-electron chi connectivity index (χ2n) is 6.44. The van der Waals surface area contributed by atoms with Crippen LogP contribution in [0.5, 0.6) is 0 Å². The van der Waals surface area contributed by atoms with E-state index in [0.717, 1.165) is 25.3 Å². The van der Waals surface area contributed by atoms with Crippen LogP contribution in [0.15, 0.2) is 48.5 Å². The summed E-state index contributed by atoms with van der Waals surface area (Å²) in [6.07, 6.45) is 0. The van der Waals surface area contributed by atoms with Gasteiger partial charge in [-0.05, 0) is 25.0 Å². The Morgan fingerprint density at radius 1 is 0.714 bits per heavy atom. The van der Waals surface area contributed by atoms with E-state index in [1.54, 1.807) is 48.5 Å². The van der Waals surface area contributed by atoms with Crippen LogP contribution >= 0.6 is 0 Å². The first-order valence-electron chi connectivity index (χ1n) is 8.47. The van der Waals surface area contributed by atoms with E-state index in [1.165, 1.54) is 0 Å². The van der Waals surface area contributed by atoms with E-state index < -0.39 is 22.8 Å². The zero-order valence-electron chi connectivity index (χ0n) is 16.1. The van der Waals surface area contributed by atoms with Crippen molar-refractivity contribution in [2.45, 2.75) is 24.7 Å². The molecule has 2 aromatic carbocycles. The highest BCUT2D eigenvalue weighted by Gasteiger charge is 2.66. The second kappa shape index (κ2) is 7.94.